The molecule has 0 aliphatic carbocycles. The van der Waals surface area contributed by atoms with Gasteiger partial charge in [-0.15, -0.1) is 0 Å². The maximum absolute atomic E-state index is 8.76. The molecule has 6 nitrogen and oxygen atoms in total. The van der Waals surface area contributed by atoms with Crippen molar-refractivity contribution in [3.8, 4) is 0 Å². The Morgan fingerprint density at radius 1 is 0.941 bits per heavy atom. The van der Waals surface area contributed by atoms with Gasteiger partial charge in [0.25, 0.3) is 0 Å². The van der Waals surface area contributed by atoms with Crippen molar-refractivity contribution in [3.63, 3.8) is 0 Å². The fourth-order valence-corrected chi connectivity index (χ4v) is 1.10. The van der Waals surface area contributed by atoms with E-state index in [-0.39, 0.29) is 12.0 Å². The van der Waals surface area contributed by atoms with E-state index in [9.17, 15) is 0 Å². The largest absolute Gasteiger partial charge is 0.396 e. The molecule has 0 aromatic rings. The quantitative estimate of drug-likeness (QED) is 0.387. The molecule has 0 spiro atoms. The van der Waals surface area contributed by atoms with E-state index in [2.05, 4.69) is 6.92 Å². The van der Waals surface area contributed by atoms with Crippen molar-refractivity contribution in [2.24, 2.45) is 10.8 Å². The molecule has 1 aliphatic heterocycles. The van der Waals surface area contributed by atoms with E-state index in [0.29, 0.717) is 0 Å². The molecule has 104 valence electrons. The van der Waals surface area contributed by atoms with Crippen molar-refractivity contribution >= 4 is 0 Å². The lowest BCUT2D eigenvalue weighted by Gasteiger charge is -2.38. The van der Waals surface area contributed by atoms with Crippen LogP contribution in [0.2, 0.25) is 0 Å². The zero-order chi connectivity index (χ0) is 13.4. The molecule has 1 heterocycles. The summed E-state index contributed by atoms with van der Waals surface area (Å²) in [5.41, 5.74) is -0.972. The summed E-state index contributed by atoms with van der Waals surface area (Å²) in [7, 11) is 0. The van der Waals surface area contributed by atoms with E-state index in [4.69, 9.17) is 30.3 Å². The predicted molar refractivity (Wildman–Crippen MR) is 61.4 cm³/mol. The molecule has 0 aromatic carbocycles. The van der Waals surface area contributed by atoms with Crippen LogP contribution in [0.15, 0.2) is 0 Å². The lowest BCUT2D eigenvalue weighted by molar-refractivity contribution is -0.138. The zero-order valence-corrected chi connectivity index (χ0v) is 10.3. The van der Waals surface area contributed by atoms with Gasteiger partial charge in [0, 0.05) is 5.41 Å². The molecule has 0 saturated carbocycles. The maximum atomic E-state index is 8.76. The Morgan fingerprint density at radius 3 is 1.35 bits per heavy atom. The predicted octanol–water partition coefficient (Wildman–Crippen LogP) is -1.65. The first-order chi connectivity index (χ1) is 8.07. The summed E-state index contributed by atoms with van der Waals surface area (Å²) in [6, 6.07) is 0. The second-order valence-corrected chi connectivity index (χ2v) is 4.64. The highest BCUT2D eigenvalue weighted by Gasteiger charge is 2.35. The van der Waals surface area contributed by atoms with Crippen LogP contribution < -0.4 is 0 Å². The summed E-state index contributed by atoms with van der Waals surface area (Å²) in [6.45, 7) is 2.24. The molecule has 0 aromatic heterocycles. The molecule has 0 atom stereocenters. The van der Waals surface area contributed by atoms with Gasteiger partial charge in [-0.2, -0.15) is 0 Å². The van der Waals surface area contributed by atoms with Crippen LogP contribution in [-0.4, -0.2) is 71.8 Å². The summed E-state index contributed by atoms with van der Waals surface area (Å²) >= 11 is 0. The van der Waals surface area contributed by atoms with Gasteiger partial charge in [-0.05, 0) is 6.42 Å². The first-order valence-electron chi connectivity index (χ1n) is 5.69. The minimum atomic E-state index is -1.11. The Balaban J connectivity index is 0.000000302. The number of aliphatic hydroxyl groups excluding tert-OH is 5. The van der Waals surface area contributed by atoms with E-state index in [1.165, 1.54) is 0 Å². The summed E-state index contributed by atoms with van der Waals surface area (Å²) in [6.07, 6.45) is 1.03. The maximum Gasteiger partial charge on any atom is 0.0627 e. The van der Waals surface area contributed by atoms with Gasteiger partial charge in [-0.25, -0.2) is 0 Å². The first-order valence-corrected chi connectivity index (χ1v) is 5.69. The topological polar surface area (TPSA) is 110 Å². The smallest absolute Gasteiger partial charge is 0.0627 e. The van der Waals surface area contributed by atoms with E-state index in [1.807, 2.05) is 0 Å². The minimum Gasteiger partial charge on any atom is -0.396 e. The molecule has 0 unspecified atom stereocenters. The standard InChI is InChI=1S/C6H12O2.C5H12O4/c1-2-6(3-7)4-8-5-6;6-1-5(2-7,3-8)4-9/h7H,2-5H2,1H3;6-9H,1-4H2. The third-order valence-electron chi connectivity index (χ3n) is 3.24. The normalized spacial score (nSPS) is 18.0. The van der Waals surface area contributed by atoms with Crippen LogP contribution in [0.25, 0.3) is 0 Å². The summed E-state index contributed by atoms with van der Waals surface area (Å²) < 4.78 is 4.96. The van der Waals surface area contributed by atoms with Gasteiger partial charge in [0.1, 0.15) is 0 Å². The average molecular weight is 252 g/mol. The van der Waals surface area contributed by atoms with Crippen molar-refractivity contribution in [2.45, 2.75) is 13.3 Å². The number of ether oxygens (including phenoxy) is 1. The van der Waals surface area contributed by atoms with Crippen molar-refractivity contribution in [3.05, 3.63) is 0 Å². The second kappa shape index (κ2) is 7.97. The number of hydrogen-bond donors (Lipinski definition) is 5. The molecular weight excluding hydrogens is 228 g/mol. The monoisotopic (exact) mass is 252 g/mol. The fraction of sp³-hybridized carbons (Fsp3) is 1.00. The molecule has 0 radical (unpaired) electrons. The highest BCUT2D eigenvalue weighted by Crippen LogP contribution is 2.29. The van der Waals surface area contributed by atoms with Gasteiger partial charge in [-0.1, -0.05) is 6.92 Å². The van der Waals surface area contributed by atoms with Gasteiger partial charge in [0.05, 0.1) is 51.7 Å². The van der Waals surface area contributed by atoms with Crippen molar-refractivity contribution in [1.82, 2.24) is 0 Å². The van der Waals surface area contributed by atoms with Crippen LogP contribution >= 0.6 is 0 Å². The molecule has 1 aliphatic rings. The highest BCUT2D eigenvalue weighted by atomic mass is 16.5. The first kappa shape index (κ1) is 16.8. The zero-order valence-electron chi connectivity index (χ0n) is 10.3. The third kappa shape index (κ3) is 4.50. The van der Waals surface area contributed by atoms with Gasteiger partial charge >= 0.3 is 0 Å². The van der Waals surface area contributed by atoms with Crippen LogP contribution in [0.4, 0.5) is 0 Å². The van der Waals surface area contributed by atoms with E-state index >= 15 is 0 Å². The van der Waals surface area contributed by atoms with Gasteiger partial charge < -0.3 is 30.3 Å². The Kier molecular flexibility index (Phi) is 7.85. The average Bonchev–Trinajstić information content (AvgIpc) is 2.34. The van der Waals surface area contributed by atoms with Crippen molar-refractivity contribution in [2.75, 3.05) is 46.2 Å². The van der Waals surface area contributed by atoms with Crippen LogP contribution in [0.5, 0.6) is 0 Å². The Morgan fingerprint density at radius 2 is 1.35 bits per heavy atom. The van der Waals surface area contributed by atoms with Gasteiger partial charge in [0.2, 0.25) is 0 Å². The lowest BCUT2D eigenvalue weighted by atomic mass is 9.84. The van der Waals surface area contributed by atoms with E-state index < -0.39 is 31.8 Å². The number of aliphatic hydroxyl groups is 5. The molecule has 1 rings (SSSR count). The van der Waals surface area contributed by atoms with Crippen LogP contribution in [-0.2, 0) is 4.74 Å². The second-order valence-electron chi connectivity index (χ2n) is 4.64. The molecule has 1 saturated heterocycles. The van der Waals surface area contributed by atoms with Crippen LogP contribution in [0, 0.1) is 10.8 Å². The molecule has 6 heteroatoms. The SMILES string of the molecule is CCC1(CO)COC1.OCC(CO)(CO)CO. The molecule has 5 N–H and O–H groups in total. The van der Waals surface area contributed by atoms with Crippen molar-refractivity contribution < 1.29 is 30.3 Å². The minimum absolute atomic E-state index is 0.139. The fourth-order valence-electron chi connectivity index (χ4n) is 1.10. The summed E-state index contributed by atoms with van der Waals surface area (Å²) in [5.74, 6) is 0. The molecule has 17 heavy (non-hydrogen) atoms. The Hall–Kier alpha value is -0.240. The van der Waals surface area contributed by atoms with Crippen molar-refractivity contribution in [1.29, 1.82) is 0 Å². The Labute approximate surface area is 101 Å². The van der Waals surface area contributed by atoms with Gasteiger partial charge in [-0.3, -0.25) is 0 Å². The molecule has 1 fully saturated rings. The molecule has 0 amide bonds. The van der Waals surface area contributed by atoms with E-state index in [0.717, 1.165) is 19.6 Å². The lowest BCUT2D eigenvalue weighted by Crippen LogP contribution is -2.44. The van der Waals surface area contributed by atoms with E-state index in [1.54, 1.807) is 0 Å². The molecular formula is C11H24O6. The number of hydrogen-bond acceptors (Lipinski definition) is 6. The third-order valence-corrected chi connectivity index (χ3v) is 3.24. The van der Waals surface area contributed by atoms with Gasteiger partial charge in [0.15, 0.2) is 0 Å². The summed E-state index contributed by atoms with van der Waals surface area (Å²) in [5, 5.41) is 42.7. The molecule has 0 bridgehead atoms. The highest BCUT2D eigenvalue weighted by molar-refractivity contribution is 4.82. The Bertz CT molecular complexity index is 157. The van der Waals surface area contributed by atoms with Crippen LogP contribution in [0.1, 0.15) is 13.3 Å². The number of rotatable bonds is 6. The summed E-state index contributed by atoms with van der Waals surface area (Å²) in [4.78, 5) is 0. The van der Waals surface area contributed by atoms with Crippen LogP contribution in [0.3, 0.4) is 0 Å².